The van der Waals surface area contributed by atoms with Crippen molar-refractivity contribution in [1.29, 1.82) is 5.41 Å². The van der Waals surface area contributed by atoms with Crippen LogP contribution in [0.3, 0.4) is 0 Å². The molecule has 1 atom stereocenters. The zero-order valence-electron chi connectivity index (χ0n) is 6.90. The van der Waals surface area contributed by atoms with Crippen LogP contribution in [0.4, 0.5) is 0 Å². The predicted octanol–water partition coefficient (Wildman–Crippen LogP) is -0.734. The van der Waals surface area contributed by atoms with Crippen LogP contribution in [0.15, 0.2) is 0 Å². The van der Waals surface area contributed by atoms with Gasteiger partial charge in [0, 0.05) is 12.1 Å². The normalized spacial score (nSPS) is 23.9. The molecule has 0 unspecified atom stereocenters. The van der Waals surface area contributed by atoms with Gasteiger partial charge in [-0.15, -0.1) is 0 Å². The van der Waals surface area contributed by atoms with Crippen LogP contribution in [0.5, 0.6) is 0 Å². The number of rotatable bonds is 2. The minimum atomic E-state index is -3.55. The van der Waals surface area contributed by atoms with Gasteiger partial charge in [-0.3, -0.25) is 10.0 Å². The SMILES string of the molecule is N=C1C[C@H](C(=O)NO)N(S(=O)(=O)I)C1. The Morgan fingerprint density at radius 2 is 2.29 bits per heavy atom. The van der Waals surface area contributed by atoms with Crippen LogP contribution in [0.1, 0.15) is 6.42 Å². The van der Waals surface area contributed by atoms with Crippen molar-refractivity contribution in [2.45, 2.75) is 12.5 Å². The molecule has 14 heavy (non-hydrogen) atoms. The van der Waals surface area contributed by atoms with E-state index in [1.54, 1.807) is 0 Å². The summed E-state index contributed by atoms with van der Waals surface area (Å²) in [7, 11) is -3.55. The number of halogens is 1. The first-order valence-electron chi connectivity index (χ1n) is 3.58. The van der Waals surface area contributed by atoms with E-state index in [9.17, 15) is 13.2 Å². The summed E-state index contributed by atoms with van der Waals surface area (Å²) in [6.07, 6.45) is 0.0224. The molecule has 0 radical (unpaired) electrons. The van der Waals surface area contributed by atoms with Crippen molar-refractivity contribution in [2.75, 3.05) is 6.54 Å². The van der Waals surface area contributed by atoms with Gasteiger partial charge in [-0.1, -0.05) is 0 Å². The van der Waals surface area contributed by atoms with Crippen LogP contribution in [-0.2, 0) is 12.0 Å². The van der Waals surface area contributed by atoms with Gasteiger partial charge < -0.3 is 5.41 Å². The lowest BCUT2D eigenvalue weighted by Crippen LogP contribution is -2.43. The number of nitrogens with zero attached hydrogens (tertiary/aromatic N) is 1. The molecule has 1 amide bonds. The van der Waals surface area contributed by atoms with Gasteiger partial charge in [0.1, 0.15) is 6.04 Å². The van der Waals surface area contributed by atoms with Crippen LogP contribution < -0.4 is 5.48 Å². The van der Waals surface area contributed by atoms with Crippen molar-refractivity contribution in [1.82, 2.24) is 9.79 Å². The van der Waals surface area contributed by atoms with E-state index >= 15 is 0 Å². The van der Waals surface area contributed by atoms with Crippen molar-refractivity contribution in [2.24, 2.45) is 0 Å². The number of hydroxylamine groups is 1. The smallest absolute Gasteiger partial charge is 0.268 e. The molecule has 1 saturated heterocycles. The molecule has 0 aromatic carbocycles. The molecule has 0 aliphatic carbocycles. The first kappa shape index (κ1) is 11.8. The van der Waals surface area contributed by atoms with Crippen LogP contribution in [-0.4, -0.2) is 42.1 Å². The van der Waals surface area contributed by atoms with Crippen LogP contribution in [0, 0.1) is 5.41 Å². The van der Waals surface area contributed by atoms with Crippen LogP contribution >= 0.6 is 21.2 Å². The average molecular weight is 333 g/mol. The first-order valence-corrected chi connectivity index (χ1v) is 7.56. The molecule has 0 spiro atoms. The third-order valence-corrected chi connectivity index (χ3v) is 4.29. The Morgan fingerprint density at radius 3 is 2.71 bits per heavy atom. The predicted molar refractivity (Wildman–Crippen MR) is 55.7 cm³/mol. The van der Waals surface area contributed by atoms with E-state index in [4.69, 9.17) is 10.6 Å². The van der Waals surface area contributed by atoms with Crippen LogP contribution in [0.25, 0.3) is 0 Å². The van der Waals surface area contributed by atoms with Gasteiger partial charge >= 0.3 is 0 Å². The molecule has 1 fully saturated rings. The standard InChI is InChI=1S/C5H8IN3O4S/c6-14(12,13)9-2-3(7)1-4(9)5(10)8-11/h4,7,11H,1-2H2,(H,8,10)/t4-/m1/s1. The molecule has 1 aliphatic rings. The van der Waals surface area contributed by atoms with E-state index < -0.39 is 19.1 Å². The Bertz CT molecular complexity index is 367. The van der Waals surface area contributed by atoms with Gasteiger partial charge in [-0.05, 0) is 0 Å². The van der Waals surface area contributed by atoms with E-state index in [0.29, 0.717) is 0 Å². The molecule has 1 aliphatic heterocycles. The Morgan fingerprint density at radius 1 is 1.71 bits per heavy atom. The highest BCUT2D eigenvalue weighted by Crippen LogP contribution is 2.22. The minimum Gasteiger partial charge on any atom is -0.308 e. The maximum Gasteiger partial charge on any atom is 0.268 e. The summed E-state index contributed by atoms with van der Waals surface area (Å²) in [5.41, 5.74) is 1.54. The molecular weight excluding hydrogens is 325 g/mol. The second-order valence-corrected chi connectivity index (χ2v) is 7.42. The summed E-state index contributed by atoms with van der Waals surface area (Å²) in [6, 6.07) is -1.01. The molecule has 80 valence electrons. The van der Waals surface area contributed by atoms with Crippen molar-refractivity contribution >= 4 is 40.0 Å². The zero-order valence-corrected chi connectivity index (χ0v) is 9.87. The van der Waals surface area contributed by atoms with Gasteiger partial charge in [0.2, 0.25) is 0 Å². The van der Waals surface area contributed by atoms with E-state index in [0.717, 1.165) is 4.31 Å². The van der Waals surface area contributed by atoms with Crippen molar-refractivity contribution in [3.63, 3.8) is 0 Å². The fraction of sp³-hybridized carbons (Fsp3) is 0.600. The van der Waals surface area contributed by atoms with E-state index in [2.05, 4.69) is 0 Å². The first-order chi connectivity index (χ1) is 6.36. The lowest BCUT2D eigenvalue weighted by atomic mass is 10.2. The minimum absolute atomic E-state index is 0.0224. The number of carbonyl (C=O) groups is 1. The molecule has 0 saturated carbocycles. The third-order valence-electron chi connectivity index (χ3n) is 1.83. The summed E-state index contributed by atoms with van der Waals surface area (Å²) in [6.45, 7) is -0.0939. The van der Waals surface area contributed by atoms with Crippen LogP contribution in [0.2, 0.25) is 0 Å². The van der Waals surface area contributed by atoms with Gasteiger partial charge in [0.15, 0.2) is 0 Å². The van der Waals surface area contributed by atoms with Gasteiger partial charge in [0.05, 0.1) is 27.8 Å². The molecule has 7 nitrogen and oxygen atoms in total. The molecule has 0 bridgehead atoms. The molecule has 9 heteroatoms. The lowest BCUT2D eigenvalue weighted by molar-refractivity contribution is -0.132. The summed E-state index contributed by atoms with van der Waals surface area (Å²) in [4.78, 5) is 11.0. The second kappa shape index (κ2) is 4.08. The van der Waals surface area contributed by atoms with E-state index in [-0.39, 0.29) is 18.7 Å². The fourth-order valence-corrected chi connectivity index (χ4v) is 3.25. The van der Waals surface area contributed by atoms with Gasteiger partial charge in [-0.2, -0.15) is 4.31 Å². The Kier molecular flexibility index (Phi) is 3.44. The zero-order chi connectivity index (χ0) is 10.9. The van der Waals surface area contributed by atoms with Crippen molar-refractivity contribution in [3.8, 4) is 0 Å². The van der Waals surface area contributed by atoms with Gasteiger partial charge in [-0.25, -0.2) is 13.9 Å². The molecule has 1 rings (SSSR count). The molecule has 3 N–H and O–H groups in total. The van der Waals surface area contributed by atoms with E-state index in [1.165, 1.54) is 26.7 Å². The number of amides is 1. The number of nitrogens with one attached hydrogen (secondary N) is 2. The van der Waals surface area contributed by atoms with Crippen molar-refractivity contribution in [3.05, 3.63) is 0 Å². The summed E-state index contributed by atoms with van der Waals surface area (Å²) in [5, 5.41) is 15.7. The molecule has 0 aromatic rings. The second-order valence-electron chi connectivity index (χ2n) is 2.79. The largest absolute Gasteiger partial charge is 0.308 e. The summed E-state index contributed by atoms with van der Waals surface area (Å²) < 4.78 is 23.2. The van der Waals surface area contributed by atoms with Gasteiger partial charge in [0.25, 0.3) is 13.1 Å². The highest BCUT2D eigenvalue weighted by atomic mass is 127. The topological polar surface area (TPSA) is 111 Å². The average Bonchev–Trinajstić information content (AvgIpc) is 2.45. The monoisotopic (exact) mass is 333 g/mol. The summed E-state index contributed by atoms with van der Waals surface area (Å²) in [5.74, 6) is -0.813. The van der Waals surface area contributed by atoms with E-state index in [1.807, 2.05) is 0 Å². The Labute approximate surface area is 92.6 Å². The van der Waals surface area contributed by atoms with Crippen molar-refractivity contribution < 1.29 is 18.4 Å². The Hall–Kier alpha value is -0.260. The summed E-state index contributed by atoms with van der Waals surface area (Å²) >= 11 is 1.19. The third kappa shape index (κ3) is 2.40. The number of hydrogen-bond acceptors (Lipinski definition) is 5. The highest BCUT2D eigenvalue weighted by molar-refractivity contribution is 14.2. The molecular formula is C5H8IN3O4S. The fourth-order valence-electron chi connectivity index (χ4n) is 1.23. The quantitative estimate of drug-likeness (QED) is 0.268. The maximum atomic E-state index is 11.2. The number of hydrogen-bond donors (Lipinski definition) is 3. The maximum absolute atomic E-state index is 11.2. The Balaban J connectivity index is 2.95. The molecule has 0 aromatic heterocycles. The lowest BCUT2D eigenvalue weighted by Gasteiger charge is -2.17. The number of carbonyl (C=O) groups excluding carboxylic acids is 1. The molecule has 1 heterocycles. The highest BCUT2D eigenvalue weighted by Gasteiger charge is 2.39.